The van der Waals surface area contributed by atoms with Crippen molar-refractivity contribution in [2.75, 3.05) is 34.8 Å². The SMILES string of the molecule is Cc1ccc(N2CC(C(=O)Nc3cccc(-c4ccc(N5CCCCCC5)nn4)c3)CC2=O)cc1. The molecule has 3 heterocycles. The fourth-order valence-corrected chi connectivity index (χ4v) is 4.81. The van der Waals surface area contributed by atoms with Crippen LogP contribution in [0.2, 0.25) is 0 Å². The third kappa shape index (κ3) is 5.34. The maximum Gasteiger partial charge on any atom is 0.229 e. The highest BCUT2D eigenvalue weighted by Crippen LogP contribution is 2.27. The molecule has 2 amide bonds. The summed E-state index contributed by atoms with van der Waals surface area (Å²) in [5.74, 6) is 0.361. The molecule has 0 saturated carbocycles. The van der Waals surface area contributed by atoms with E-state index in [1.165, 1.54) is 25.7 Å². The summed E-state index contributed by atoms with van der Waals surface area (Å²) < 4.78 is 0. The van der Waals surface area contributed by atoms with E-state index in [0.717, 1.165) is 41.4 Å². The standard InChI is InChI=1S/C28H31N5O2/c1-20-9-11-24(12-10-20)33-19-22(18-27(33)34)28(35)29-23-8-6-7-21(17-23)25-13-14-26(31-30-25)32-15-4-2-3-5-16-32/h6-14,17,22H,2-5,15-16,18-19H2,1H3,(H,29,35). The van der Waals surface area contributed by atoms with E-state index in [9.17, 15) is 9.59 Å². The molecule has 2 fully saturated rings. The van der Waals surface area contributed by atoms with E-state index < -0.39 is 0 Å². The highest BCUT2D eigenvalue weighted by molar-refractivity contribution is 6.03. The zero-order valence-corrected chi connectivity index (χ0v) is 20.1. The molecule has 2 aliphatic rings. The van der Waals surface area contributed by atoms with E-state index in [4.69, 9.17) is 0 Å². The highest BCUT2D eigenvalue weighted by Gasteiger charge is 2.35. The maximum atomic E-state index is 13.0. The number of aromatic nitrogens is 2. The Morgan fingerprint density at radius 2 is 1.71 bits per heavy atom. The minimum absolute atomic E-state index is 0.0254. The Labute approximate surface area is 206 Å². The fourth-order valence-electron chi connectivity index (χ4n) is 4.81. The number of aryl methyl sites for hydroxylation is 1. The number of carbonyl (C=O) groups is 2. The largest absolute Gasteiger partial charge is 0.355 e. The number of hydrogen-bond acceptors (Lipinski definition) is 5. The first-order valence-electron chi connectivity index (χ1n) is 12.4. The van der Waals surface area contributed by atoms with Gasteiger partial charge in [0.1, 0.15) is 0 Å². The van der Waals surface area contributed by atoms with E-state index in [2.05, 4.69) is 20.4 Å². The number of nitrogens with zero attached hydrogens (tertiary/aromatic N) is 4. The van der Waals surface area contributed by atoms with Gasteiger partial charge < -0.3 is 15.1 Å². The van der Waals surface area contributed by atoms with Crippen molar-refractivity contribution in [3.05, 3.63) is 66.2 Å². The molecular weight excluding hydrogens is 438 g/mol. The van der Waals surface area contributed by atoms with Crippen LogP contribution in [0, 0.1) is 12.8 Å². The monoisotopic (exact) mass is 469 g/mol. The molecule has 0 aliphatic carbocycles. The molecule has 5 rings (SSSR count). The van der Waals surface area contributed by atoms with Crippen LogP contribution in [-0.4, -0.2) is 41.6 Å². The zero-order valence-electron chi connectivity index (χ0n) is 20.1. The van der Waals surface area contributed by atoms with E-state index in [0.29, 0.717) is 12.2 Å². The van der Waals surface area contributed by atoms with Gasteiger partial charge >= 0.3 is 0 Å². The number of hydrogen-bond donors (Lipinski definition) is 1. The second kappa shape index (κ2) is 10.3. The second-order valence-electron chi connectivity index (χ2n) is 9.49. The van der Waals surface area contributed by atoms with Crippen molar-refractivity contribution < 1.29 is 9.59 Å². The van der Waals surface area contributed by atoms with Crippen LogP contribution in [0.15, 0.2) is 60.7 Å². The van der Waals surface area contributed by atoms with Crippen LogP contribution >= 0.6 is 0 Å². The molecule has 2 aromatic carbocycles. The molecular formula is C28H31N5O2. The lowest BCUT2D eigenvalue weighted by atomic mass is 10.1. The van der Waals surface area contributed by atoms with Gasteiger partial charge in [-0.05, 0) is 56.2 Å². The molecule has 180 valence electrons. The molecule has 3 aromatic rings. The Morgan fingerprint density at radius 3 is 2.43 bits per heavy atom. The van der Waals surface area contributed by atoms with Crippen LogP contribution in [-0.2, 0) is 9.59 Å². The summed E-state index contributed by atoms with van der Waals surface area (Å²) in [5.41, 5.74) is 4.31. The van der Waals surface area contributed by atoms with Crippen molar-refractivity contribution in [1.82, 2.24) is 10.2 Å². The van der Waals surface area contributed by atoms with Crippen LogP contribution < -0.4 is 15.1 Å². The molecule has 7 heteroatoms. The topological polar surface area (TPSA) is 78.4 Å². The van der Waals surface area contributed by atoms with Crippen LogP contribution in [0.25, 0.3) is 11.3 Å². The van der Waals surface area contributed by atoms with Crippen molar-refractivity contribution in [1.29, 1.82) is 0 Å². The van der Waals surface area contributed by atoms with Gasteiger partial charge in [-0.2, -0.15) is 0 Å². The molecule has 1 atom stereocenters. The first-order valence-corrected chi connectivity index (χ1v) is 12.4. The van der Waals surface area contributed by atoms with E-state index in [1.807, 2.05) is 67.6 Å². The zero-order chi connectivity index (χ0) is 24.2. The number of carbonyl (C=O) groups excluding carboxylic acids is 2. The first-order chi connectivity index (χ1) is 17.1. The molecule has 1 unspecified atom stereocenters. The molecule has 0 radical (unpaired) electrons. The maximum absolute atomic E-state index is 13.0. The summed E-state index contributed by atoms with van der Waals surface area (Å²) in [7, 11) is 0. The summed E-state index contributed by atoms with van der Waals surface area (Å²) >= 11 is 0. The smallest absolute Gasteiger partial charge is 0.229 e. The summed E-state index contributed by atoms with van der Waals surface area (Å²) in [5, 5.41) is 11.9. The van der Waals surface area contributed by atoms with Crippen molar-refractivity contribution in [3.8, 4) is 11.3 Å². The minimum Gasteiger partial charge on any atom is -0.355 e. The number of nitrogens with one attached hydrogen (secondary N) is 1. The first kappa shape index (κ1) is 23.0. The molecule has 2 saturated heterocycles. The van der Waals surface area contributed by atoms with Crippen LogP contribution in [0.4, 0.5) is 17.2 Å². The Kier molecular flexibility index (Phi) is 6.75. The summed E-state index contributed by atoms with van der Waals surface area (Å²) in [4.78, 5) is 29.5. The minimum atomic E-state index is -0.389. The third-order valence-corrected chi connectivity index (χ3v) is 6.85. The molecule has 0 spiro atoms. The fraction of sp³-hybridized carbons (Fsp3) is 0.357. The van der Waals surface area contributed by atoms with Gasteiger partial charge in [-0.3, -0.25) is 9.59 Å². The average Bonchev–Trinajstić information content (AvgIpc) is 3.08. The van der Waals surface area contributed by atoms with Gasteiger partial charge in [-0.25, -0.2) is 0 Å². The van der Waals surface area contributed by atoms with E-state index in [1.54, 1.807) is 4.90 Å². The number of anilines is 3. The van der Waals surface area contributed by atoms with E-state index >= 15 is 0 Å². The molecule has 1 aromatic heterocycles. The van der Waals surface area contributed by atoms with Crippen molar-refractivity contribution in [2.24, 2.45) is 5.92 Å². The highest BCUT2D eigenvalue weighted by atomic mass is 16.2. The molecule has 1 N–H and O–H groups in total. The molecule has 35 heavy (non-hydrogen) atoms. The number of amides is 2. The number of benzene rings is 2. The summed E-state index contributed by atoms with van der Waals surface area (Å²) in [6, 6.07) is 19.4. The van der Waals surface area contributed by atoms with Crippen LogP contribution in [0.1, 0.15) is 37.7 Å². The van der Waals surface area contributed by atoms with Gasteiger partial charge in [0.05, 0.1) is 11.6 Å². The predicted molar refractivity (Wildman–Crippen MR) is 138 cm³/mol. The van der Waals surface area contributed by atoms with Crippen LogP contribution in [0.5, 0.6) is 0 Å². The predicted octanol–water partition coefficient (Wildman–Crippen LogP) is 4.82. The summed E-state index contributed by atoms with van der Waals surface area (Å²) in [6.45, 7) is 4.45. The molecule has 2 aliphatic heterocycles. The lowest BCUT2D eigenvalue weighted by Gasteiger charge is -2.20. The average molecular weight is 470 g/mol. The van der Waals surface area contributed by atoms with Crippen molar-refractivity contribution in [3.63, 3.8) is 0 Å². The normalized spacial score (nSPS) is 18.4. The van der Waals surface area contributed by atoms with E-state index in [-0.39, 0.29) is 24.2 Å². The van der Waals surface area contributed by atoms with Gasteiger partial charge in [-0.15, -0.1) is 10.2 Å². The Balaban J connectivity index is 1.24. The Hall–Kier alpha value is -3.74. The Bertz CT molecular complexity index is 1180. The van der Waals surface area contributed by atoms with Gasteiger partial charge in [-0.1, -0.05) is 42.7 Å². The van der Waals surface area contributed by atoms with Gasteiger partial charge in [0, 0.05) is 43.0 Å². The molecule has 0 bridgehead atoms. The second-order valence-corrected chi connectivity index (χ2v) is 9.49. The van der Waals surface area contributed by atoms with Crippen molar-refractivity contribution in [2.45, 2.75) is 39.0 Å². The molecule has 7 nitrogen and oxygen atoms in total. The van der Waals surface area contributed by atoms with Gasteiger partial charge in [0.2, 0.25) is 11.8 Å². The quantitative estimate of drug-likeness (QED) is 0.579. The Morgan fingerprint density at radius 1 is 0.943 bits per heavy atom. The van der Waals surface area contributed by atoms with Crippen molar-refractivity contribution >= 4 is 29.0 Å². The van der Waals surface area contributed by atoms with Gasteiger partial charge in [0.15, 0.2) is 5.82 Å². The number of rotatable bonds is 5. The lowest BCUT2D eigenvalue weighted by Crippen LogP contribution is -2.28. The summed E-state index contributed by atoms with van der Waals surface area (Å²) in [6.07, 6.45) is 5.16. The lowest BCUT2D eigenvalue weighted by molar-refractivity contribution is -0.122. The van der Waals surface area contributed by atoms with Gasteiger partial charge in [0.25, 0.3) is 0 Å². The third-order valence-electron chi connectivity index (χ3n) is 6.85. The van der Waals surface area contributed by atoms with Crippen LogP contribution in [0.3, 0.4) is 0 Å².